The Bertz CT molecular complexity index is 491. The Morgan fingerprint density at radius 2 is 1.56 bits per heavy atom. The van der Waals surface area contributed by atoms with Crippen LogP contribution in [0.15, 0.2) is 12.1 Å². The zero-order valence-electron chi connectivity index (χ0n) is 8.16. The topological polar surface area (TPSA) is 37.3 Å². The number of hydrogen-bond donors (Lipinski definition) is 1. The van der Waals surface area contributed by atoms with Crippen LogP contribution in [0.3, 0.4) is 0 Å². The summed E-state index contributed by atoms with van der Waals surface area (Å²) in [5.74, 6) is -2.35. The molecule has 100 valence electrons. The van der Waals surface area contributed by atoms with E-state index in [1.54, 1.807) is 0 Å². The van der Waals surface area contributed by atoms with Crippen LogP contribution < -0.4 is 0 Å². The molecule has 0 aromatic heterocycles. The highest BCUT2D eigenvalue weighted by molar-refractivity contribution is 6.32. The first-order chi connectivity index (χ1) is 7.96. The van der Waals surface area contributed by atoms with Gasteiger partial charge in [-0.25, -0.2) is 4.79 Å². The lowest BCUT2D eigenvalue weighted by Crippen LogP contribution is -2.20. The van der Waals surface area contributed by atoms with Crippen LogP contribution in [0.5, 0.6) is 0 Å². The van der Waals surface area contributed by atoms with Gasteiger partial charge in [0.25, 0.3) is 0 Å². The van der Waals surface area contributed by atoms with Gasteiger partial charge in [-0.05, 0) is 12.1 Å². The standard InChI is InChI=1S/C9H3ClF6O2/c10-4-2-1-3(8(11,12)13)5(7(17)18)6(4)9(14,15)16/h1-2H,(H,17,18). The normalized spacial score (nSPS) is 12.6. The second-order valence-electron chi connectivity index (χ2n) is 3.15. The third kappa shape index (κ3) is 2.69. The van der Waals surface area contributed by atoms with Gasteiger partial charge in [0, 0.05) is 0 Å². The lowest BCUT2D eigenvalue weighted by molar-refractivity contribution is -0.143. The van der Waals surface area contributed by atoms with E-state index < -0.39 is 40.0 Å². The Kier molecular flexibility index (Phi) is 3.53. The van der Waals surface area contributed by atoms with Gasteiger partial charge in [0.2, 0.25) is 0 Å². The maximum atomic E-state index is 12.5. The third-order valence-corrected chi connectivity index (χ3v) is 2.27. The van der Waals surface area contributed by atoms with Crippen LogP contribution in [-0.4, -0.2) is 11.1 Å². The SMILES string of the molecule is O=C(O)c1c(C(F)(F)F)ccc(Cl)c1C(F)(F)F. The molecule has 0 aliphatic rings. The first-order valence-corrected chi connectivity index (χ1v) is 4.54. The molecule has 0 radical (unpaired) electrons. The van der Waals surface area contributed by atoms with E-state index in [9.17, 15) is 31.1 Å². The molecule has 18 heavy (non-hydrogen) atoms. The van der Waals surface area contributed by atoms with Gasteiger partial charge in [0.15, 0.2) is 0 Å². The molecule has 0 bridgehead atoms. The van der Waals surface area contributed by atoms with E-state index in [1.165, 1.54) is 0 Å². The second-order valence-corrected chi connectivity index (χ2v) is 3.55. The first kappa shape index (κ1) is 14.6. The number of halogens is 7. The lowest BCUT2D eigenvalue weighted by atomic mass is 10.00. The van der Waals surface area contributed by atoms with Gasteiger partial charge in [-0.3, -0.25) is 0 Å². The average molecular weight is 293 g/mol. The number of benzene rings is 1. The van der Waals surface area contributed by atoms with Crippen LogP contribution in [0.25, 0.3) is 0 Å². The Morgan fingerprint density at radius 3 is 1.89 bits per heavy atom. The highest BCUT2D eigenvalue weighted by Gasteiger charge is 2.44. The van der Waals surface area contributed by atoms with Crippen molar-refractivity contribution in [2.75, 3.05) is 0 Å². The fourth-order valence-electron chi connectivity index (χ4n) is 1.31. The van der Waals surface area contributed by atoms with E-state index in [0.29, 0.717) is 6.07 Å². The van der Waals surface area contributed by atoms with E-state index in [2.05, 4.69) is 0 Å². The molecule has 0 aliphatic heterocycles. The quantitative estimate of drug-likeness (QED) is 0.792. The molecule has 0 unspecified atom stereocenters. The maximum absolute atomic E-state index is 12.5. The number of carboxylic acids is 1. The molecule has 1 N–H and O–H groups in total. The highest BCUT2D eigenvalue weighted by Crippen LogP contribution is 2.42. The zero-order valence-corrected chi connectivity index (χ0v) is 8.91. The van der Waals surface area contributed by atoms with E-state index >= 15 is 0 Å². The minimum absolute atomic E-state index is 0.195. The van der Waals surface area contributed by atoms with Crippen molar-refractivity contribution in [1.29, 1.82) is 0 Å². The van der Waals surface area contributed by atoms with E-state index in [-0.39, 0.29) is 6.07 Å². The van der Waals surface area contributed by atoms with E-state index in [0.717, 1.165) is 0 Å². The molecule has 0 spiro atoms. The molecular weight excluding hydrogens is 290 g/mol. The molecule has 9 heteroatoms. The Balaban J connectivity index is 3.76. The van der Waals surface area contributed by atoms with Crippen LogP contribution in [-0.2, 0) is 12.4 Å². The van der Waals surface area contributed by atoms with Crippen molar-refractivity contribution in [1.82, 2.24) is 0 Å². The number of rotatable bonds is 1. The molecule has 0 amide bonds. The molecule has 0 fully saturated rings. The average Bonchev–Trinajstić information content (AvgIpc) is 2.12. The van der Waals surface area contributed by atoms with Crippen molar-refractivity contribution in [3.8, 4) is 0 Å². The lowest BCUT2D eigenvalue weighted by Gasteiger charge is -2.17. The van der Waals surface area contributed by atoms with Crippen LogP contribution in [0, 0.1) is 0 Å². The summed E-state index contributed by atoms with van der Waals surface area (Å²) >= 11 is 5.13. The number of carbonyl (C=O) groups is 1. The summed E-state index contributed by atoms with van der Waals surface area (Å²) in [6.07, 6.45) is -10.5. The van der Waals surface area contributed by atoms with Crippen molar-refractivity contribution >= 4 is 17.6 Å². The molecule has 0 heterocycles. The maximum Gasteiger partial charge on any atom is 0.418 e. The first-order valence-electron chi connectivity index (χ1n) is 4.16. The monoisotopic (exact) mass is 292 g/mol. The molecule has 1 aromatic carbocycles. The summed E-state index contributed by atoms with van der Waals surface area (Å²) in [7, 11) is 0. The minimum Gasteiger partial charge on any atom is -0.478 e. The molecule has 0 atom stereocenters. The molecule has 0 saturated heterocycles. The van der Waals surface area contributed by atoms with Crippen molar-refractivity contribution < 1.29 is 36.2 Å². The van der Waals surface area contributed by atoms with Gasteiger partial charge in [-0.15, -0.1) is 0 Å². The summed E-state index contributed by atoms with van der Waals surface area (Å²) in [5, 5.41) is 7.44. The van der Waals surface area contributed by atoms with Gasteiger partial charge < -0.3 is 5.11 Å². The number of aromatic carboxylic acids is 1. The Hall–Kier alpha value is -1.44. The Morgan fingerprint density at radius 1 is 1.06 bits per heavy atom. The Labute approximate surface area is 101 Å². The fourth-order valence-corrected chi connectivity index (χ4v) is 1.58. The summed E-state index contributed by atoms with van der Waals surface area (Å²) in [6, 6.07) is 0.556. The largest absolute Gasteiger partial charge is 0.478 e. The molecule has 2 nitrogen and oxygen atoms in total. The summed E-state index contributed by atoms with van der Waals surface area (Å²) in [5.41, 5.74) is -5.80. The molecule has 1 rings (SSSR count). The number of hydrogen-bond acceptors (Lipinski definition) is 1. The predicted octanol–water partition coefficient (Wildman–Crippen LogP) is 4.08. The number of carboxylic acid groups (broad SMARTS) is 1. The van der Waals surface area contributed by atoms with Crippen LogP contribution in [0.2, 0.25) is 5.02 Å². The summed E-state index contributed by atoms with van der Waals surface area (Å²) < 4.78 is 74.9. The molecule has 1 aromatic rings. The van der Waals surface area contributed by atoms with Gasteiger partial charge in [0.1, 0.15) is 0 Å². The summed E-state index contributed by atoms with van der Waals surface area (Å²) in [6.45, 7) is 0. The highest BCUT2D eigenvalue weighted by atomic mass is 35.5. The van der Waals surface area contributed by atoms with Gasteiger partial charge in [-0.1, -0.05) is 11.6 Å². The van der Waals surface area contributed by atoms with Gasteiger partial charge >= 0.3 is 18.3 Å². The molecule has 0 saturated carbocycles. The molecular formula is C9H3ClF6O2. The van der Waals surface area contributed by atoms with Crippen molar-refractivity contribution in [2.45, 2.75) is 12.4 Å². The van der Waals surface area contributed by atoms with Crippen molar-refractivity contribution in [3.63, 3.8) is 0 Å². The van der Waals surface area contributed by atoms with Gasteiger partial charge in [0.05, 0.1) is 21.7 Å². The minimum atomic E-state index is -5.30. The van der Waals surface area contributed by atoms with E-state index in [1.807, 2.05) is 0 Å². The van der Waals surface area contributed by atoms with E-state index in [4.69, 9.17) is 16.7 Å². The van der Waals surface area contributed by atoms with Crippen molar-refractivity contribution in [2.24, 2.45) is 0 Å². The molecule has 0 aliphatic carbocycles. The summed E-state index contributed by atoms with van der Waals surface area (Å²) in [4.78, 5) is 10.6. The fraction of sp³-hybridized carbons (Fsp3) is 0.222. The van der Waals surface area contributed by atoms with Gasteiger partial charge in [-0.2, -0.15) is 26.3 Å². The van der Waals surface area contributed by atoms with Crippen LogP contribution in [0.1, 0.15) is 21.5 Å². The third-order valence-electron chi connectivity index (χ3n) is 1.96. The number of alkyl halides is 6. The second kappa shape index (κ2) is 4.34. The predicted molar refractivity (Wildman–Crippen MR) is 48.4 cm³/mol. The van der Waals surface area contributed by atoms with Crippen molar-refractivity contribution in [3.05, 3.63) is 33.8 Å². The van der Waals surface area contributed by atoms with Crippen LogP contribution in [0.4, 0.5) is 26.3 Å². The van der Waals surface area contributed by atoms with Crippen LogP contribution >= 0.6 is 11.6 Å². The zero-order chi connectivity index (χ0) is 14.3. The smallest absolute Gasteiger partial charge is 0.418 e.